The Balaban J connectivity index is 1.44. The minimum atomic E-state index is -1.08. The first-order valence-corrected chi connectivity index (χ1v) is 9.13. The minimum absolute atomic E-state index is 0.198. The van der Waals surface area contributed by atoms with E-state index in [1.807, 2.05) is 54.6 Å². The van der Waals surface area contributed by atoms with E-state index in [0.717, 1.165) is 22.2 Å². The Kier molecular flexibility index (Phi) is 6.51. The lowest BCUT2D eigenvalue weighted by Gasteiger charge is -2.15. The number of benzene rings is 2. The first kappa shape index (κ1) is 19.3. The molecule has 1 aromatic heterocycles. The van der Waals surface area contributed by atoms with Crippen LogP contribution in [0.3, 0.4) is 0 Å². The summed E-state index contributed by atoms with van der Waals surface area (Å²) < 4.78 is 5.55. The second kappa shape index (κ2) is 9.45. The Bertz CT molecular complexity index is 924. The third kappa shape index (κ3) is 5.26. The van der Waals surface area contributed by atoms with Crippen molar-refractivity contribution in [1.82, 2.24) is 15.6 Å². The molecule has 7 heteroatoms. The predicted molar refractivity (Wildman–Crippen MR) is 107 cm³/mol. The fraction of sp³-hybridized carbons (Fsp3) is 0.238. The van der Waals surface area contributed by atoms with Crippen LogP contribution in [0.2, 0.25) is 0 Å². The number of rotatable bonds is 9. The average Bonchev–Trinajstić information content (AvgIpc) is 3.11. The maximum absolute atomic E-state index is 12.0. The molecule has 0 saturated heterocycles. The molecule has 0 spiro atoms. The number of carbonyl (C=O) groups is 2. The van der Waals surface area contributed by atoms with Crippen LogP contribution in [0.15, 0.2) is 60.8 Å². The molecule has 0 aliphatic rings. The highest BCUT2D eigenvalue weighted by molar-refractivity contribution is 5.86. The summed E-state index contributed by atoms with van der Waals surface area (Å²) in [5, 5.41) is 15.6. The molecule has 0 saturated carbocycles. The summed E-state index contributed by atoms with van der Waals surface area (Å²) in [5.41, 5.74) is 1.78. The number of aliphatic carboxylic acids is 1. The molecule has 1 heterocycles. The van der Waals surface area contributed by atoms with Crippen LogP contribution in [-0.2, 0) is 11.2 Å². The van der Waals surface area contributed by atoms with Crippen molar-refractivity contribution < 1.29 is 19.4 Å². The molecule has 146 valence electrons. The molecule has 1 atom stereocenters. The van der Waals surface area contributed by atoms with Crippen molar-refractivity contribution in [3.05, 3.63) is 66.4 Å². The van der Waals surface area contributed by atoms with Gasteiger partial charge in [-0.1, -0.05) is 36.4 Å². The number of H-pyrrole nitrogens is 1. The number of carboxylic acids is 1. The molecule has 3 rings (SSSR count). The monoisotopic (exact) mass is 381 g/mol. The van der Waals surface area contributed by atoms with Crippen molar-refractivity contribution in [2.45, 2.75) is 18.9 Å². The van der Waals surface area contributed by atoms with Gasteiger partial charge in [-0.05, 0) is 30.2 Å². The van der Waals surface area contributed by atoms with Crippen LogP contribution in [-0.4, -0.2) is 41.3 Å². The number of hydrogen-bond donors (Lipinski definition) is 4. The topological polar surface area (TPSA) is 103 Å². The van der Waals surface area contributed by atoms with Crippen LogP contribution in [0.5, 0.6) is 5.75 Å². The number of hydrogen-bond acceptors (Lipinski definition) is 3. The Labute approximate surface area is 162 Å². The lowest BCUT2D eigenvalue weighted by Crippen LogP contribution is -2.47. The smallest absolute Gasteiger partial charge is 0.326 e. The van der Waals surface area contributed by atoms with Crippen LogP contribution in [0.4, 0.5) is 4.79 Å². The molecule has 3 aromatic rings. The first-order valence-electron chi connectivity index (χ1n) is 9.13. The van der Waals surface area contributed by atoms with E-state index in [-0.39, 0.29) is 6.42 Å². The molecule has 0 aliphatic carbocycles. The quantitative estimate of drug-likeness (QED) is 0.428. The second-order valence-electron chi connectivity index (χ2n) is 6.37. The summed E-state index contributed by atoms with van der Waals surface area (Å²) >= 11 is 0. The standard InChI is InChI=1S/C21H23N3O4/c25-20(26)19(13-15-14-23-18-10-5-4-9-17(15)18)24-21(27)22-11-6-12-28-16-7-2-1-3-8-16/h1-5,7-10,14,19,23H,6,11-13H2,(H,25,26)(H2,22,24,27). The average molecular weight is 381 g/mol. The summed E-state index contributed by atoms with van der Waals surface area (Å²) in [6, 6.07) is 15.5. The van der Waals surface area contributed by atoms with Gasteiger partial charge in [0.1, 0.15) is 11.8 Å². The maximum Gasteiger partial charge on any atom is 0.326 e. The summed E-state index contributed by atoms with van der Waals surface area (Å²) in [6.45, 7) is 0.847. The minimum Gasteiger partial charge on any atom is -0.494 e. The largest absolute Gasteiger partial charge is 0.494 e. The van der Waals surface area contributed by atoms with Gasteiger partial charge in [0, 0.05) is 30.1 Å². The van der Waals surface area contributed by atoms with Crippen molar-refractivity contribution in [2.24, 2.45) is 0 Å². The molecule has 2 amide bonds. The van der Waals surface area contributed by atoms with E-state index in [1.54, 1.807) is 6.20 Å². The van der Waals surface area contributed by atoms with E-state index in [0.29, 0.717) is 19.6 Å². The van der Waals surface area contributed by atoms with Gasteiger partial charge in [0.05, 0.1) is 6.61 Å². The molecule has 2 aromatic carbocycles. The van der Waals surface area contributed by atoms with E-state index >= 15 is 0 Å². The Morgan fingerprint density at radius 3 is 2.61 bits per heavy atom. The summed E-state index contributed by atoms with van der Waals surface area (Å²) in [7, 11) is 0. The predicted octanol–water partition coefficient (Wildman–Crippen LogP) is 2.93. The molecular formula is C21H23N3O4. The molecule has 1 unspecified atom stereocenters. The van der Waals surface area contributed by atoms with Gasteiger partial charge in [0.15, 0.2) is 0 Å². The van der Waals surface area contributed by atoms with E-state index in [4.69, 9.17) is 4.74 Å². The van der Waals surface area contributed by atoms with Gasteiger partial charge in [0.2, 0.25) is 0 Å². The Morgan fingerprint density at radius 2 is 1.82 bits per heavy atom. The Morgan fingerprint density at radius 1 is 1.07 bits per heavy atom. The van der Waals surface area contributed by atoms with Crippen molar-refractivity contribution in [1.29, 1.82) is 0 Å². The van der Waals surface area contributed by atoms with Gasteiger partial charge in [-0.15, -0.1) is 0 Å². The molecule has 0 bridgehead atoms. The fourth-order valence-electron chi connectivity index (χ4n) is 2.91. The zero-order valence-electron chi connectivity index (χ0n) is 15.4. The van der Waals surface area contributed by atoms with E-state index in [1.165, 1.54) is 0 Å². The Hall–Kier alpha value is -3.48. The molecule has 0 radical (unpaired) electrons. The number of urea groups is 1. The third-order valence-corrected chi connectivity index (χ3v) is 4.32. The molecule has 0 fully saturated rings. The second-order valence-corrected chi connectivity index (χ2v) is 6.37. The zero-order chi connectivity index (χ0) is 19.8. The molecule has 28 heavy (non-hydrogen) atoms. The van der Waals surface area contributed by atoms with Crippen LogP contribution in [0.1, 0.15) is 12.0 Å². The molecule has 4 N–H and O–H groups in total. The van der Waals surface area contributed by atoms with Gasteiger partial charge >= 0.3 is 12.0 Å². The zero-order valence-corrected chi connectivity index (χ0v) is 15.4. The summed E-state index contributed by atoms with van der Waals surface area (Å²) in [6.07, 6.45) is 2.59. The van der Waals surface area contributed by atoms with Gasteiger partial charge in [-0.2, -0.15) is 0 Å². The van der Waals surface area contributed by atoms with E-state index in [2.05, 4.69) is 15.6 Å². The molecule has 7 nitrogen and oxygen atoms in total. The van der Waals surface area contributed by atoms with Crippen LogP contribution >= 0.6 is 0 Å². The fourth-order valence-corrected chi connectivity index (χ4v) is 2.91. The van der Waals surface area contributed by atoms with E-state index in [9.17, 15) is 14.7 Å². The van der Waals surface area contributed by atoms with Crippen LogP contribution < -0.4 is 15.4 Å². The van der Waals surface area contributed by atoms with Crippen molar-refractivity contribution in [3.8, 4) is 5.75 Å². The van der Waals surface area contributed by atoms with Gasteiger partial charge in [-0.3, -0.25) is 0 Å². The van der Waals surface area contributed by atoms with Gasteiger partial charge in [-0.25, -0.2) is 9.59 Å². The van der Waals surface area contributed by atoms with Crippen molar-refractivity contribution in [2.75, 3.05) is 13.2 Å². The van der Waals surface area contributed by atoms with Gasteiger partial charge in [0.25, 0.3) is 0 Å². The highest BCUT2D eigenvalue weighted by Gasteiger charge is 2.21. The summed E-state index contributed by atoms with van der Waals surface area (Å²) in [5.74, 6) is -0.301. The van der Waals surface area contributed by atoms with E-state index < -0.39 is 18.0 Å². The molecule has 0 aliphatic heterocycles. The normalized spacial score (nSPS) is 11.7. The summed E-state index contributed by atoms with van der Waals surface area (Å²) in [4.78, 5) is 26.7. The number of aromatic amines is 1. The highest BCUT2D eigenvalue weighted by Crippen LogP contribution is 2.19. The first-order chi connectivity index (χ1) is 13.6. The number of carbonyl (C=O) groups excluding carboxylic acids is 1. The maximum atomic E-state index is 12.0. The number of amides is 2. The van der Waals surface area contributed by atoms with Crippen LogP contribution in [0, 0.1) is 0 Å². The number of para-hydroxylation sites is 2. The van der Waals surface area contributed by atoms with Crippen molar-refractivity contribution in [3.63, 3.8) is 0 Å². The SMILES string of the molecule is O=C(NCCCOc1ccccc1)NC(Cc1c[nH]c2ccccc12)C(=O)O. The lowest BCUT2D eigenvalue weighted by atomic mass is 10.1. The third-order valence-electron chi connectivity index (χ3n) is 4.32. The number of ether oxygens (including phenoxy) is 1. The number of nitrogens with one attached hydrogen (secondary N) is 3. The molecular weight excluding hydrogens is 358 g/mol. The van der Waals surface area contributed by atoms with Gasteiger partial charge < -0.3 is 25.5 Å². The number of fused-ring (bicyclic) bond motifs is 1. The number of aromatic nitrogens is 1. The van der Waals surface area contributed by atoms with Crippen LogP contribution in [0.25, 0.3) is 10.9 Å². The van der Waals surface area contributed by atoms with Crippen molar-refractivity contribution >= 4 is 22.9 Å². The number of carboxylic acid groups (broad SMARTS) is 1. The lowest BCUT2D eigenvalue weighted by molar-refractivity contribution is -0.139. The highest BCUT2D eigenvalue weighted by atomic mass is 16.5.